The highest BCUT2D eigenvalue weighted by molar-refractivity contribution is 8.26. The maximum absolute atomic E-state index is 12.4. The van der Waals surface area contributed by atoms with Crippen LogP contribution >= 0.6 is 24.0 Å². The van der Waals surface area contributed by atoms with Crippen molar-refractivity contribution in [1.82, 2.24) is 4.90 Å². The second kappa shape index (κ2) is 6.44. The van der Waals surface area contributed by atoms with Crippen LogP contribution in [0.2, 0.25) is 0 Å². The number of thiocarbonyl (C=S) groups is 1. The standard InChI is InChI=1S/C14H15NO4S2/c1-3-4-10(13(17)18)15-12(16)11(21-14(15)20)7-9-6-5-8(2)19-9/h5-7,10H,3-4H2,1-2H3,(H,17,18)/b11-7+/t10-/m0/s1. The zero-order valence-corrected chi connectivity index (χ0v) is 13.3. The molecule has 21 heavy (non-hydrogen) atoms. The minimum Gasteiger partial charge on any atom is -0.480 e. The number of hydrogen-bond donors (Lipinski definition) is 1. The van der Waals surface area contributed by atoms with E-state index in [9.17, 15) is 14.7 Å². The summed E-state index contributed by atoms with van der Waals surface area (Å²) in [5.41, 5.74) is 0. The minimum absolute atomic E-state index is 0.273. The fourth-order valence-corrected chi connectivity index (χ4v) is 3.38. The SMILES string of the molecule is CCC[C@@H](C(=O)O)N1C(=O)/C(=C\c2ccc(C)o2)SC1=S. The van der Waals surface area contributed by atoms with Crippen LogP contribution in [0.4, 0.5) is 0 Å². The van der Waals surface area contributed by atoms with Gasteiger partial charge in [-0.3, -0.25) is 9.69 Å². The van der Waals surface area contributed by atoms with Crippen LogP contribution in [0.3, 0.4) is 0 Å². The smallest absolute Gasteiger partial charge is 0.326 e. The predicted molar refractivity (Wildman–Crippen MR) is 84.8 cm³/mol. The number of rotatable bonds is 5. The maximum atomic E-state index is 12.4. The highest BCUT2D eigenvalue weighted by Crippen LogP contribution is 2.35. The number of aryl methyl sites for hydroxylation is 1. The Kier molecular flexibility index (Phi) is 4.84. The molecule has 0 spiro atoms. The first-order valence-corrected chi connectivity index (χ1v) is 7.72. The fraction of sp³-hybridized carbons (Fsp3) is 0.357. The quantitative estimate of drug-likeness (QED) is 0.663. The lowest BCUT2D eigenvalue weighted by atomic mass is 10.1. The van der Waals surface area contributed by atoms with E-state index in [0.29, 0.717) is 23.5 Å². The summed E-state index contributed by atoms with van der Waals surface area (Å²) in [6.07, 6.45) is 2.62. The molecule has 1 aliphatic heterocycles. The Morgan fingerprint density at radius 2 is 2.29 bits per heavy atom. The van der Waals surface area contributed by atoms with E-state index in [2.05, 4.69) is 0 Å². The summed E-state index contributed by atoms with van der Waals surface area (Å²) in [6, 6.07) is 2.64. The molecule has 1 aromatic heterocycles. The highest BCUT2D eigenvalue weighted by Gasteiger charge is 2.40. The Balaban J connectivity index is 2.27. The molecule has 1 atom stereocenters. The van der Waals surface area contributed by atoms with Gasteiger partial charge < -0.3 is 9.52 Å². The van der Waals surface area contributed by atoms with Crippen molar-refractivity contribution < 1.29 is 19.1 Å². The second-order valence-electron chi connectivity index (χ2n) is 4.64. The molecule has 2 rings (SSSR count). The van der Waals surface area contributed by atoms with Gasteiger partial charge in [0.15, 0.2) is 0 Å². The third-order valence-corrected chi connectivity index (χ3v) is 4.35. The van der Waals surface area contributed by atoms with Crippen molar-refractivity contribution in [3.05, 3.63) is 28.6 Å². The monoisotopic (exact) mass is 325 g/mol. The highest BCUT2D eigenvalue weighted by atomic mass is 32.2. The zero-order valence-electron chi connectivity index (χ0n) is 11.7. The maximum Gasteiger partial charge on any atom is 0.326 e. The average Bonchev–Trinajstić information content (AvgIpc) is 2.93. The van der Waals surface area contributed by atoms with E-state index in [4.69, 9.17) is 16.6 Å². The first-order chi connectivity index (χ1) is 9.93. The minimum atomic E-state index is -1.04. The summed E-state index contributed by atoms with van der Waals surface area (Å²) in [5.74, 6) is -0.121. The molecule has 1 aromatic rings. The van der Waals surface area contributed by atoms with Crippen molar-refractivity contribution in [2.75, 3.05) is 0 Å². The molecule has 1 amide bonds. The van der Waals surface area contributed by atoms with E-state index in [1.165, 1.54) is 4.90 Å². The number of carbonyl (C=O) groups excluding carboxylic acids is 1. The van der Waals surface area contributed by atoms with Gasteiger partial charge in [-0.25, -0.2) is 4.79 Å². The van der Waals surface area contributed by atoms with Gasteiger partial charge in [0.1, 0.15) is 21.9 Å². The normalized spacial score (nSPS) is 18.6. The Labute approximate surface area is 132 Å². The van der Waals surface area contributed by atoms with Crippen LogP contribution in [0.15, 0.2) is 21.5 Å². The van der Waals surface area contributed by atoms with E-state index >= 15 is 0 Å². The summed E-state index contributed by atoms with van der Waals surface area (Å²) in [4.78, 5) is 25.3. The zero-order chi connectivity index (χ0) is 15.6. The molecule has 1 aliphatic rings. The molecule has 0 bridgehead atoms. The van der Waals surface area contributed by atoms with Crippen LogP contribution in [-0.2, 0) is 9.59 Å². The number of aliphatic carboxylic acids is 1. The first kappa shape index (κ1) is 15.8. The van der Waals surface area contributed by atoms with E-state index in [1.807, 2.05) is 13.8 Å². The average molecular weight is 325 g/mol. The molecule has 2 heterocycles. The van der Waals surface area contributed by atoms with Crippen LogP contribution in [0, 0.1) is 6.92 Å². The molecule has 1 N–H and O–H groups in total. The number of nitrogens with zero attached hydrogens (tertiary/aromatic N) is 1. The first-order valence-electron chi connectivity index (χ1n) is 6.50. The van der Waals surface area contributed by atoms with Crippen LogP contribution in [-0.4, -0.2) is 32.2 Å². The van der Waals surface area contributed by atoms with Gasteiger partial charge >= 0.3 is 5.97 Å². The fourth-order valence-electron chi connectivity index (χ4n) is 2.05. The summed E-state index contributed by atoms with van der Waals surface area (Å²) in [5, 5.41) is 9.28. The number of carboxylic acids is 1. The van der Waals surface area contributed by atoms with Crippen molar-refractivity contribution in [3.63, 3.8) is 0 Å². The number of carboxylic acid groups (broad SMARTS) is 1. The molecule has 0 aliphatic carbocycles. The van der Waals surface area contributed by atoms with Gasteiger partial charge in [0.25, 0.3) is 5.91 Å². The van der Waals surface area contributed by atoms with Crippen molar-refractivity contribution >= 4 is 46.3 Å². The molecule has 0 saturated carbocycles. The van der Waals surface area contributed by atoms with Crippen LogP contribution < -0.4 is 0 Å². The second-order valence-corrected chi connectivity index (χ2v) is 6.32. The summed E-state index contributed by atoms with van der Waals surface area (Å²) in [6.45, 7) is 3.68. The van der Waals surface area contributed by atoms with Crippen molar-refractivity contribution in [3.8, 4) is 0 Å². The molecular formula is C14H15NO4S2. The molecule has 7 heteroatoms. The number of carbonyl (C=O) groups is 2. The van der Waals surface area contributed by atoms with Crippen LogP contribution in [0.5, 0.6) is 0 Å². The van der Waals surface area contributed by atoms with Gasteiger partial charge in [0, 0.05) is 6.08 Å². The largest absolute Gasteiger partial charge is 0.480 e. The number of amides is 1. The van der Waals surface area contributed by atoms with Gasteiger partial charge in [-0.1, -0.05) is 37.3 Å². The van der Waals surface area contributed by atoms with Crippen LogP contribution in [0.25, 0.3) is 6.08 Å². The van der Waals surface area contributed by atoms with Gasteiger partial charge in [0.2, 0.25) is 0 Å². The van der Waals surface area contributed by atoms with E-state index in [1.54, 1.807) is 18.2 Å². The molecule has 112 valence electrons. The molecule has 1 fully saturated rings. The molecule has 5 nitrogen and oxygen atoms in total. The van der Waals surface area contributed by atoms with E-state index < -0.39 is 12.0 Å². The molecular weight excluding hydrogens is 310 g/mol. The van der Waals surface area contributed by atoms with Gasteiger partial charge in [0.05, 0.1) is 4.91 Å². The molecule has 1 saturated heterocycles. The van der Waals surface area contributed by atoms with Crippen molar-refractivity contribution in [2.24, 2.45) is 0 Å². The predicted octanol–water partition coefficient (Wildman–Crippen LogP) is 3.04. The number of hydrogen-bond acceptors (Lipinski definition) is 5. The molecule has 0 unspecified atom stereocenters. The lowest BCUT2D eigenvalue weighted by molar-refractivity contribution is -0.145. The van der Waals surface area contributed by atoms with Crippen molar-refractivity contribution in [2.45, 2.75) is 32.7 Å². The number of furan rings is 1. The van der Waals surface area contributed by atoms with Gasteiger partial charge in [-0.05, 0) is 25.5 Å². The van der Waals surface area contributed by atoms with E-state index in [-0.39, 0.29) is 10.2 Å². The summed E-state index contributed by atoms with van der Waals surface area (Å²) >= 11 is 6.26. The summed E-state index contributed by atoms with van der Waals surface area (Å²) < 4.78 is 5.67. The third kappa shape index (κ3) is 3.36. The lowest BCUT2D eigenvalue weighted by Crippen LogP contribution is -2.43. The molecule has 0 radical (unpaired) electrons. The van der Waals surface area contributed by atoms with Crippen LogP contribution in [0.1, 0.15) is 31.3 Å². The lowest BCUT2D eigenvalue weighted by Gasteiger charge is -2.22. The van der Waals surface area contributed by atoms with Crippen molar-refractivity contribution in [1.29, 1.82) is 0 Å². The Morgan fingerprint density at radius 1 is 1.57 bits per heavy atom. The number of thioether (sulfide) groups is 1. The Bertz CT molecular complexity index is 620. The third-order valence-electron chi connectivity index (χ3n) is 3.02. The van der Waals surface area contributed by atoms with Gasteiger partial charge in [-0.2, -0.15) is 0 Å². The Morgan fingerprint density at radius 3 is 2.81 bits per heavy atom. The topological polar surface area (TPSA) is 70.8 Å². The Hall–Kier alpha value is -1.60. The van der Waals surface area contributed by atoms with Gasteiger partial charge in [-0.15, -0.1) is 0 Å². The molecule has 0 aromatic carbocycles. The van der Waals surface area contributed by atoms with E-state index in [0.717, 1.165) is 17.5 Å². The summed E-state index contributed by atoms with van der Waals surface area (Å²) in [7, 11) is 0.